The molecule has 21 heavy (non-hydrogen) atoms. The zero-order valence-electron chi connectivity index (χ0n) is 11.6. The van der Waals surface area contributed by atoms with Gasteiger partial charge in [-0.3, -0.25) is 4.79 Å². The van der Waals surface area contributed by atoms with E-state index < -0.39 is 11.9 Å². The van der Waals surface area contributed by atoms with Crippen molar-refractivity contribution in [1.82, 2.24) is 0 Å². The van der Waals surface area contributed by atoms with Crippen LogP contribution in [0, 0.1) is 6.92 Å². The maximum absolute atomic E-state index is 11.3. The summed E-state index contributed by atoms with van der Waals surface area (Å²) >= 11 is 0. The second-order valence-corrected chi connectivity index (χ2v) is 4.70. The van der Waals surface area contributed by atoms with Gasteiger partial charge in [0.05, 0.1) is 5.56 Å². The van der Waals surface area contributed by atoms with Crippen LogP contribution in [0.3, 0.4) is 0 Å². The molecule has 0 fully saturated rings. The van der Waals surface area contributed by atoms with E-state index >= 15 is 0 Å². The summed E-state index contributed by atoms with van der Waals surface area (Å²) in [5.74, 6) is -1.40. The van der Waals surface area contributed by atoms with Gasteiger partial charge in [0.25, 0.3) is 0 Å². The van der Waals surface area contributed by atoms with Gasteiger partial charge in [-0.1, -0.05) is 18.2 Å². The number of carbonyl (C=O) groups excluding carboxylic acids is 1. The van der Waals surface area contributed by atoms with Crippen molar-refractivity contribution in [1.29, 1.82) is 0 Å². The number of hydrogen-bond donors (Lipinski definition) is 3. The second-order valence-electron chi connectivity index (χ2n) is 4.70. The smallest absolute Gasteiger partial charge is 0.335 e. The number of benzene rings is 2. The van der Waals surface area contributed by atoms with Crippen LogP contribution in [-0.2, 0) is 6.54 Å². The lowest BCUT2D eigenvalue weighted by molar-refractivity contribution is 0.0696. The van der Waals surface area contributed by atoms with Crippen molar-refractivity contribution in [2.24, 2.45) is 5.73 Å². The number of primary amides is 1. The van der Waals surface area contributed by atoms with Crippen LogP contribution in [0.25, 0.3) is 0 Å². The molecule has 0 aliphatic heterocycles. The maximum atomic E-state index is 11.3. The van der Waals surface area contributed by atoms with Crippen molar-refractivity contribution in [3.63, 3.8) is 0 Å². The van der Waals surface area contributed by atoms with Crippen molar-refractivity contribution in [3.05, 3.63) is 64.7 Å². The largest absolute Gasteiger partial charge is 0.478 e. The lowest BCUT2D eigenvalue weighted by Crippen LogP contribution is -2.13. The molecule has 0 heterocycles. The predicted molar refractivity (Wildman–Crippen MR) is 80.4 cm³/mol. The molecule has 0 saturated carbocycles. The first kappa shape index (κ1) is 14.6. The topological polar surface area (TPSA) is 92.4 Å². The molecule has 0 bridgehead atoms. The highest BCUT2D eigenvalue weighted by Crippen LogP contribution is 2.19. The Hall–Kier alpha value is -2.82. The van der Waals surface area contributed by atoms with Crippen LogP contribution in [0.5, 0.6) is 0 Å². The van der Waals surface area contributed by atoms with Gasteiger partial charge in [0.15, 0.2) is 0 Å². The standard InChI is InChI=1S/C16H16N2O3/c1-10-13(15(17)19)3-2-4-14(10)18-9-11-5-7-12(8-6-11)16(20)21/h2-8,18H,9H2,1H3,(H2,17,19)(H,20,21). The fraction of sp³-hybridized carbons (Fsp3) is 0.125. The number of carboxylic acid groups (broad SMARTS) is 1. The average Bonchev–Trinajstić information content (AvgIpc) is 2.46. The monoisotopic (exact) mass is 284 g/mol. The van der Waals surface area contributed by atoms with Crippen LogP contribution in [0.2, 0.25) is 0 Å². The number of nitrogens with two attached hydrogens (primary N) is 1. The Kier molecular flexibility index (Phi) is 4.23. The third-order valence-electron chi connectivity index (χ3n) is 3.28. The van der Waals surface area contributed by atoms with Crippen molar-refractivity contribution in [2.75, 3.05) is 5.32 Å². The SMILES string of the molecule is Cc1c(NCc2ccc(C(=O)O)cc2)cccc1C(N)=O. The summed E-state index contributed by atoms with van der Waals surface area (Å²) < 4.78 is 0. The fourth-order valence-electron chi connectivity index (χ4n) is 2.06. The minimum Gasteiger partial charge on any atom is -0.478 e. The number of amides is 1. The molecule has 5 nitrogen and oxygen atoms in total. The van der Waals surface area contributed by atoms with Crippen molar-refractivity contribution < 1.29 is 14.7 Å². The first-order valence-corrected chi connectivity index (χ1v) is 6.44. The van der Waals surface area contributed by atoms with Crippen LogP contribution in [0.1, 0.15) is 31.8 Å². The number of nitrogens with one attached hydrogen (secondary N) is 1. The Balaban J connectivity index is 2.11. The van der Waals surface area contributed by atoms with Crippen LogP contribution in [0.15, 0.2) is 42.5 Å². The van der Waals surface area contributed by atoms with Gasteiger partial charge in [-0.05, 0) is 42.3 Å². The Morgan fingerprint density at radius 3 is 2.38 bits per heavy atom. The molecule has 0 aromatic heterocycles. The molecule has 2 aromatic carbocycles. The first-order valence-electron chi connectivity index (χ1n) is 6.44. The van der Waals surface area contributed by atoms with Crippen molar-refractivity contribution >= 4 is 17.6 Å². The molecule has 2 aromatic rings. The Bertz CT molecular complexity index is 678. The molecule has 4 N–H and O–H groups in total. The number of aromatic carboxylic acids is 1. The Labute approximate surface area is 122 Å². The highest BCUT2D eigenvalue weighted by atomic mass is 16.4. The molecule has 0 saturated heterocycles. The number of carboxylic acids is 1. The molecule has 0 spiro atoms. The Morgan fingerprint density at radius 1 is 1.14 bits per heavy atom. The zero-order chi connectivity index (χ0) is 15.4. The highest BCUT2D eigenvalue weighted by molar-refractivity contribution is 5.95. The normalized spacial score (nSPS) is 10.1. The quantitative estimate of drug-likeness (QED) is 0.786. The molecule has 0 aliphatic carbocycles. The number of rotatable bonds is 5. The van der Waals surface area contributed by atoms with Gasteiger partial charge in [0.2, 0.25) is 5.91 Å². The molecule has 0 aliphatic rings. The van der Waals surface area contributed by atoms with E-state index in [0.717, 1.165) is 16.8 Å². The number of anilines is 1. The molecule has 5 heteroatoms. The lowest BCUT2D eigenvalue weighted by atomic mass is 10.1. The van der Waals surface area contributed by atoms with E-state index in [1.54, 1.807) is 36.4 Å². The Morgan fingerprint density at radius 2 is 1.81 bits per heavy atom. The molecule has 0 atom stereocenters. The summed E-state index contributed by atoms with van der Waals surface area (Å²) in [6.45, 7) is 2.36. The van der Waals surface area contributed by atoms with Gasteiger partial charge >= 0.3 is 5.97 Å². The van der Waals surface area contributed by atoms with E-state index in [4.69, 9.17) is 10.8 Å². The van der Waals surface area contributed by atoms with E-state index in [1.165, 1.54) is 0 Å². The third kappa shape index (κ3) is 3.39. The van der Waals surface area contributed by atoms with E-state index in [0.29, 0.717) is 12.1 Å². The molecule has 108 valence electrons. The van der Waals surface area contributed by atoms with E-state index in [-0.39, 0.29) is 5.56 Å². The fourth-order valence-corrected chi connectivity index (χ4v) is 2.06. The second kappa shape index (κ2) is 6.09. The number of carbonyl (C=O) groups is 2. The van der Waals surface area contributed by atoms with Crippen molar-refractivity contribution in [3.8, 4) is 0 Å². The molecule has 2 rings (SSSR count). The van der Waals surface area contributed by atoms with Crippen LogP contribution in [-0.4, -0.2) is 17.0 Å². The summed E-state index contributed by atoms with van der Waals surface area (Å²) in [4.78, 5) is 22.1. The van der Waals surface area contributed by atoms with Crippen LogP contribution in [0.4, 0.5) is 5.69 Å². The summed E-state index contributed by atoms with van der Waals surface area (Å²) in [6.07, 6.45) is 0. The zero-order valence-corrected chi connectivity index (χ0v) is 11.6. The highest BCUT2D eigenvalue weighted by Gasteiger charge is 2.08. The van der Waals surface area contributed by atoms with Gasteiger partial charge in [0, 0.05) is 17.8 Å². The molecule has 0 unspecified atom stereocenters. The van der Waals surface area contributed by atoms with Gasteiger partial charge < -0.3 is 16.2 Å². The lowest BCUT2D eigenvalue weighted by Gasteiger charge is -2.12. The van der Waals surface area contributed by atoms with Gasteiger partial charge in [0.1, 0.15) is 0 Å². The summed E-state index contributed by atoms with van der Waals surface area (Å²) in [6, 6.07) is 12.0. The summed E-state index contributed by atoms with van der Waals surface area (Å²) in [5, 5.41) is 12.1. The van der Waals surface area contributed by atoms with Crippen molar-refractivity contribution in [2.45, 2.75) is 13.5 Å². The van der Waals surface area contributed by atoms with Gasteiger partial charge in [-0.25, -0.2) is 4.79 Å². The summed E-state index contributed by atoms with van der Waals surface area (Å²) in [5.41, 5.74) is 8.63. The van der Waals surface area contributed by atoms with E-state index in [9.17, 15) is 9.59 Å². The average molecular weight is 284 g/mol. The van der Waals surface area contributed by atoms with Crippen LogP contribution < -0.4 is 11.1 Å². The molecular formula is C16H16N2O3. The maximum Gasteiger partial charge on any atom is 0.335 e. The number of hydrogen-bond acceptors (Lipinski definition) is 3. The molecule has 1 amide bonds. The van der Waals surface area contributed by atoms with Gasteiger partial charge in [-0.2, -0.15) is 0 Å². The minimum atomic E-state index is -0.945. The molecule has 0 radical (unpaired) electrons. The first-order chi connectivity index (χ1) is 9.99. The molecular weight excluding hydrogens is 268 g/mol. The minimum absolute atomic E-state index is 0.255. The van der Waals surface area contributed by atoms with Crippen LogP contribution >= 0.6 is 0 Å². The van der Waals surface area contributed by atoms with Gasteiger partial charge in [-0.15, -0.1) is 0 Å². The predicted octanol–water partition coefficient (Wildman–Crippen LogP) is 2.40. The third-order valence-corrected chi connectivity index (χ3v) is 3.28. The van der Waals surface area contributed by atoms with E-state index in [1.807, 2.05) is 13.0 Å². The summed E-state index contributed by atoms with van der Waals surface area (Å²) in [7, 11) is 0. The van der Waals surface area contributed by atoms with E-state index in [2.05, 4.69) is 5.32 Å².